The monoisotopic (exact) mass is 360 g/mol. The zero-order valence-corrected chi connectivity index (χ0v) is 14.9. The molecule has 1 aliphatic rings. The number of hydrogen-bond donors (Lipinski definition) is 1. The Morgan fingerprint density at radius 1 is 1.20 bits per heavy atom. The number of anilines is 1. The molecule has 142 valence electrons. The third-order valence-corrected chi connectivity index (χ3v) is 4.53. The van der Waals surface area contributed by atoms with Crippen LogP contribution in [0.5, 0.6) is 5.75 Å². The third kappa shape index (κ3) is 5.51. The molecule has 7 heteroatoms. The van der Waals surface area contributed by atoms with Crippen LogP contribution >= 0.6 is 0 Å². The van der Waals surface area contributed by atoms with Gasteiger partial charge < -0.3 is 19.6 Å². The van der Waals surface area contributed by atoms with Crippen molar-refractivity contribution in [3.8, 4) is 5.75 Å². The minimum Gasteiger partial charge on any atom is -0.489 e. The molecule has 1 atom stereocenters. The minimum atomic E-state index is -4.42. The number of alkyl halides is 3. The van der Waals surface area contributed by atoms with Gasteiger partial charge in [-0.05, 0) is 44.1 Å². The summed E-state index contributed by atoms with van der Waals surface area (Å²) < 4.78 is 44.7. The lowest BCUT2D eigenvalue weighted by atomic mass is 10.1. The molecule has 0 aromatic heterocycles. The summed E-state index contributed by atoms with van der Waals surface area (Å²) in [4.78, 5) is 4.08. The molecule has 0 bridgehead atoms. The number of hydrogen-bond acceptors (Lipinski definition) is 4. The Hall–Kier alpha value is -1.47. The molecule has 1 unspecified atom stereocenters. The molecule has 1 heterocycles. The van der Waals surface area contributed by atoms with Gasteiger partial charge in [0.1, 0.15) is 18.5 Å². The van der Waals surface area contributed by atoms with Gasteiger partial charge in [0.05, 0.1) is 11.3 Å². The second kappa shape index (κ2) is 8.76. The Morgan fingerprint density at radius 2 is 1.84 bits per heavy atom. The van der Waals surface area contributed by atoms with E-state index in [1.165, 1.54) is 6.07 Å². The standard InChI is InChI=1S/C18H27F3N2O2/c1-3-22(4-2)12-15(24)13-25-17-11-14(18(19,20)21)7-8-16(17)23-9-5-6-10-23/h7-8,11,15,24H,3-6,9-10,12-13H2,1-2H3. The lowest BCUT2D eigenvalue weighted by Gasteiger charge is -2.25. The number of benzene rings is 1. The first-order valence-electron chi connectivity index (χ1n) is 8.84. The Labute approximate surface area is 147 Å². The highest BCUT2D eigenvalue weighted by Gasteiger charge is 2.32. The first kappa shape index (κ1) is 19.8. The molecule has 25 heavy (non-hydrogen) atoms. The fraction of sp³-hybridized carbons (Fsp3) is 0.667. The molecule has 4 nitrogen and oxygen atoms in total. The van der Waals surface area contributed by atoms with E-state index in [1.54, 1.807) is 0 Å². The minimum absolute atomic E-state index is 0.0291. The van der Waals surface area contributed by atoms with E-state index in [0.29, 0.717) is 12.2 Å². The molecule has 0 radical (unpaired) electrons. The molecular weight excluding hydrogens is 333 g/mol. The Bertz CT molecular complexity index is 542. The quantitative estimate of drug-likeness (QED) is 0.771. The van der Waals surface area contributed by atoms with E-state index in [-0.39, 0.29) is 12.4 Å². The van der Waals surface area contributed by atoms with Crippen LogP contribution in [0.25, 0.3) is 0 Å². The Morgan fingerprint density at radius 3 is 2.40 bits per heavy atom. The summed E-state index contributed by atoms with van der Waals surface area (Å²) >= 11 is 0. The molecule has 1 aromatic rings. The second-order valence-corrected chi connectivity index (χ2v) is 6.33. The summed E-state index contributed by atoms with van der Waals surface area (Å²) in [7, 11) is 0. The second-order valence-electron chi connectivity index (χ2n) is 6.33. The van der Waals surface area contributed by atoms with Crippen molar-refractivity contribution in [2.24, 2.45) is 0 Å². The molecule has 1 saturated heterocycles. The normalized spacial score (nSPS) is 16.5. The van der Waals surface area contributed by atoms with Crippen molar-refractivity contribution in [2.75, 3.05) is 44.2 Å². The zero-order valence-electron chi connectivity index (χ0n) is 14.9. The van der Waals surface area contributed by atoms with Crippen LogP contribution in [0.3, 0.4) is 0 Å². The van der Waals surface area contributed by atoms with E-state index in [0.717, 1.165) is 51.2 Å². The largest absolute Gasteiger partial charge is 0.489 e. The van der Waals surface area contributed by atoms with E-state index in [2.05, 4.69) is 0 Å². The van der Waals surface area contributed by atoms with Crippen molar-refractivity contribution in [1.82, 2.24) is 4.90 Å². The molecule has 1 N–H and O–H groups in total. The molecule has 0 saturated carbocycles. The summed E-state index contributed by atoms with van der Waals surface area (Å²) in [6.07, 6.45) is -3.13. The van der Waals surface area contributed by atoms with E-state index < -0.39 is 17.8 Å². The molecule has 0 spiro atoms. The average molecular weight is 360 g/mol. The van der Waals surface area contributed by atoms with Gasteiger partial charge in [0, 0.05) is 19.6 Å². The van der Waals surface area contributed by atoms with Crippen LogP contribution in [0.4, 0.5) is 18.9 Å². The molecule has 1 aromatic carbocycles. The topological polar surface area (TPSA) is 35.9 Å². The van der Waals surface area contributed by atoms with Crippen molar-refractivity contribution in [3.05, 3.63) is 23.8 Å². The summed E-state index contributed by atoms with van der Waals surface area (Å²) in [5, 5.41) is 10.1. The smallest absolute Gasteiger partial charge is 0.416 e. The van der Waals surface area contributed by atoms with E-state index in [1.807, 2.05) is 23.6 Å². The highest BCUT2D eigenvalue weighted by Crippen LogP contribution is 2.37. The molecule has 1 fully saturated rings. The first-order chi connectivity index (χ1) is 11.8. The van der Waals surface area contributed by atoms with Crippen LogP contribution in [0.1, 0.15) is 32.3 Å². The summed E-state index contributed by atoms with van der Waals surface area (Å²) in [5.41, 5.74) is -0.0655. The number of aliphatic hydroxyl groups excluding tert-OH is 1. The Balaban J connectivity index is 2.12. The van der Waals surface area contributed by atoms with Gasteiger partial charge in [0.25, 0.3) is 0 Å². The molecular formula is C18H27F3N2O2. The van der Waals surface area contributed by atoms with Crippen molar-refractivity contribution >= 4 is 5.69 Å². The Kier molecular flexibility index (Phi) is 6.95. The van der Waals surface area contributed by atoms with Crippen LogP contribution in [-0.2, 0) is 6.18 Å². The predicted molar refractivity (Wildman–Crippen MR) is 92.2 cm³/mol. The number of ether oxygens (including phenoxy) is 1. The number of halogens is 3. The van der Waals surface area contributed by atoms with Gasteiger partial charge in [-0.1, -0.05) is 13.8 Å². The fourth-order valence-electron chi connectivity index (χ4n) is 3.04. The first-order valence-corrected chi connectivity index (χ1v) is 8.84. The van der Waals surface area contributed by atoms with E-state index in [9.17, 15) is 18.3 Å². The number of rotatable bonds is 8. The van der Waals surface area contributed by atoms with Crippen LogP contribution < -0.4 is 9.64 Å². The summed E-state index contributed by atoms with van der Waals surface area (Å²) in [6, 6.07) is 3.60. The van der Waals surface area contributed by atoms with Crippen molar-refractivity contribution < 1.29 is 23.0 Å². The SMILES string of the molecule is CCN(CC)CC(O)COc1cc(C(F)(F)F)ccc1N1CCCC1. The van der Waals surface area contributed by atoms with Crippen LogP contribution in [0.2, 0.25) is 0 Å². The zero-order chi connectivity index (χ0) is 18.4. The van der Waals surface area contributed by atoms with Gasteiger partial charge in [-0.25, -0.2) is 0 Å². The average Bonchev–Trinajstić information content (AvgIpc) is 3.11. The third-order valence-electron chi connectivity index (χ3n) is 4.53. The maximum absolute atomic E-state index is 13.0. The predicted octanol–water partition coefficient (Wildman–Crippen LogP) is 3.39. The number of likely N-dealkylation sites (N-methyl/N-ethyl adjacent to an activating group) is 1. The van der Waals surface area contributed by atoms with Crippen molar-refractivity contribution in [2.45, 2.75) is 39.0 Å². The van der Waals surface area contributed by atoms with Gasteiger partial charge in [-0.15, -0.1) is 0 Å². The lowest BCUT2D eigenvalue weighted by molar-refractivity contribution is -0.137. The molecule has 0 amide bonds. The highest BCUT2D eigenvalue weighted by atomic mass is 19.4. The van der Waals surface area contributed by atoms with Gasteiger partial charge in [-0.2, -0.15) is 13.2 Å². The van der Waals surface area contributed by atoms with Crippen LogP contribution in [-0.4, -0.2) is 55.4 Å². The number of aliphatic hydroxyl groups is 1. The molecule has 0 aliphatic carbocycles. The molecule has 1 aliphatic heterocycles. The fourth-order valence-corrected chi connectivity index (χ4v) is 3.04. The lowest BCUT2D eigenvalue weighted by Crippen LogP contribution is -2.35. The van der Waals surface area contributed by atoms with Gasteiger partial charge >= 0.3 is 6.18 Å². The van der Waals surface area contributed by atoms with Crippen LogP contribution in [0, 0.1) is 0 Å². The van der Waals surface area contributed by atoms with Gasteiger partial charge in [0.15, 0.2) is 0 Å². The number of nitrogens with zero attached hydrogens (tertiary/aromatic N) is 2. The van der Waals surface area contributed by atoms with Gasteiger partial charge in [0.2, 0.25) is 0 Å². The van der Waals surface area contributed by atoms with Gasteiger partial charge in [-0.3, -0.25) is 0 Å². The molecule has 2 rings (SSSR count). The summed E-state index contributed by atoms with van der Waals surface area (Å²) in [5.74, 6) is 0.190. The summed E-state index contributed by atoms with van der Waals surface area (Å²) in [6.45, 7) is 7.62. The van der Waals surface area contributed by atoms with E-state index >= 15 is 0 Å². The maximum atomic E-state index is 13.0. The van der Waals surface area contributed by atoms with Crippen molar-refractivity contribution in [3.63, 3.8) is 0 Å². The van der Waals surface area contributed by atoms with Crippen LogP contribution in [0.15, 0.2) is 18.2 Å². The maximum Gasteiger partial charge on any atom is 0.416 e. The highest BCUT2D eigenvalue weighted by molar-refractivity contribution is 5.60. The van der Waals surface area contributed by atoms with E-state index in [4.69, 9.17) is 4.74 Å². The van der Waals surface area contributed by atoms with Crippen molar-refractivity contribution in [1.29, 1.82) is 0 Å².